The van der Waals surface area contributed by atoms with Crippen LogP contribution in [0.2, 0.25) is 0 Å². The van der Waals surface area contributed by atoms with Crippen LogP contribution >= 0.6 is 0 Å². The van der Waals surface area contributed by atoms with E-state index in [9.17, 15) is 14.4 Å². The summed E-state index contributed by atoms with van der Waals surface area (Å²) in [6, 6.07) is 6.15. The molecule has 1 aromatic carbocycles. The lowest BCUT2D eigenvalue weighted by Crippen LogP contribution is -2.40. The van der Waals surface area contributed by atoms with E-state index in [1.165, 1.54) is 24.1 Å². The quantitative estimate of drug-likeness (QED) is 0.796. The number of nitrogens with one attached hydrogen (secondary N) is 1. The highest BCUT2D eigenvalue weighted by Crippen LogP contribution is 2.09. The number of nitrogens with zero attached hydrogens (tertiary/aromatic N) is 1. The lowest BCUT2D eigenvalue weighted by Gasteiger charge is -2.20. The van der Waals surface area contributed by atoms with E-state index in [2.05, 4.69) is 10.1 Å². The number of hydrogen-bond donors (Lipinski definition) is 1. The molecule has 0 aliphatic heterocycles. The molecule has 0 saturated carbocycles. The Hall–Kier alpha value is -2.37. The van der Waals surface area contributed by atoms with Gasteiger partial charge in [0.2, 0.25) is 5.91 Å². The molecule has 0 radical (unpaired) electrons. The average Bonchev–Trinajstić information content (AvgIpc) is 2.51. The summed E-state index contributed by atoms with van der Waals surface area (Å²) in [6.45, 7) is 4.59. The number of esters is 1. The number of amides is 2. The minimum absolute atomic E-state index is 0.0158. The van der Waals surface area contributed by atoms with Crippen LogP contribution in [0.1, 0.15) is 34.6 Å². The zero-order valence-electron chi connectivity index (χ0n) is 12.5. The second-order valence-corrected chi connectivity index (χ2v) is 4.34. The summed E-state index contributed by atoms with van der Waals surface area (Å²) in [4.78, 5) is 36.6. The van der Waals surface area contributed by atoms with Crippen LogP contribution in [0.5, 0.6) is 0 Å². The zero-order chi connectivity index (χ0) is 15.8. The number of methoxy groups -OCH3 is 1. The van der Waals surface area contributed by atoms with Gasteiger partial charge in [0.25, 0.3) is 5.91 Å². The summed E-state index contributed by atoms with van der Waals surface area (Å²) in [6.07, 6.45) is 0. The van der Waals surface area contributed by atoms with Gasteiger partial charge in [-0.05, 0) is 38.1 Å². The first-order valence-corrected chi connectivity index (χ1v) is 6.77. The molecule has 1 N–H and O–H groups in total. The van der Waals surface area contributed by atoms with Crippen LogP contribution in [0, 0.1) is 0 Å². The molecule has 2 amide bonds. The van der Waals surface area contributed by atoms with E-state index in [1.54, 1.807) is 19.1 Å². The summed E-state index contributed by atoms with van der Waals surface area (Å²) in [5.41, 5.74) is 0.801. The second-order valence-electron chi connectivity index (χ2n) is 4.34. The monoisotopic (exact) mass is 292 g/mol. The van der Waals surface area contributed by atoms with E-state index in [0.717, 1.165) is 0 Å². The van der Waals surface area contributed by atoms with Crippen molar-refractivity contribution in [3.8, 4) is 0 Å². The van der Waals surface area contributed by atoms with E-state index >= 15 is 0 Å². The van der Waals surface area contributed by atoms with Crippen molar-refractivity contribution < 1.29 is 19.1 Å². The molecular formula is C15H20N2O4. The van der Waals surface area contributed by atoms with Crippen LogP contribution in [0.4, 0.5) is 0 Å². The topological polar surface area (TPSA) is 75.7 Å². The first kappa shape index (κ1) is 16.7. The Morgan fingerprint density at radius 3 is 2.14 bits per heavy atom. The molecule has 1 aromatic rings. The van der Waals surface area contributed by atoms with Gasteiger partial charge in [0.15, 0.2) is 0 Å². The largest absolute Gasteiger partial charge is 0.465 e. The SMILES string of the molecule is CCNC(=O)CN(CC)C(=O)c1ccc(C(=O)OC)cc1. The minimum atomic E-state index is -0.455. The van der Waals surface area contributed by atoms with Gasteiger partial charge in [0.05, 0.1) is 19.2 Å². The Balaban J connectivity index is 2.80. The van der Waals surface area contributed by atoms with Gasteiger partial charge in [0.1, 0.15) is 0 Å². The molecule has 0 heterocycles. The van der Waals surface area contributed by atoms with Gasteiger partial charge >= 0.3 is 5.97 Å². The highest BCUT2D eigenvalue weighted by Gasteiger charge is 2.17. The molecule has 0 aliphatic rings. The molecule has 0 saturated heterocycles. The van der Waals surface area contributed by atoms with Crippen molar-refractivity contribution in [1.82, 2.24) is 10.2 Å². The van der Waals surface area contributed by atoms with E-state index < -0.39 is 5.97 Å². The van der Waals surface area contributed by atoms with Gasteiger partial charge in [-0.3, -0.25) is 9.59 Å². The van der Waals surface area contributed by atoms with Crippen molar-refractivity contribution in [2.45, 2.75) is 13.8 Å². The molecule has 21 heavy (non-hydrogen) atoms. The van der Waals surface area contributed by atoms with Crippen LogP contribution in [0.25, 0.3) is 0 Å². The number of hydrogen-bond acceptors (Lipinski definition) is 4. The lowest BCUT2D eigenvalue weighted by molar-refractivity contribution is -0.121. The highest BCUT2D eigenvalue weighted by atomic mass is 16.5. The van der Waals surface area contributed by atoms with Gasteiger partial charge in [-0.2, -0.15) is 0 Å². The fourth-order valence-corrected chi connectivity index (χ4v) is 1.80. The molecule has 0 spiro atoms. The van der Waals surface area contributed by atoms with Crippen LogP contribution in [-0.4, -0.2) is 49.4 Å². The number of ether oxygens (including phenoxy) is 1. The normalized spacial score (nSPS) is 9.86. The summed E-state index contributed by atoms with van der Waals surface area (Å²) in [5, 5.41) is 2.65. The average molecular weight is 292 g/mol. The molecule has 6 nitrogen and oxygen atoms in total. The summed E-state index contributed by atoms with van der Waals surface area (Å²) in [5.74, 6) is -0.900. The summed E-state index contributed by atoms with van der Waals surface area (Å²) in [7, 11) is 1.30. The number of carbonyl (C=O) groups excluding carboxylic acids is 3. The van der Waals surface area contributed by atoms with Gasteiger partial charge in [-0.15, -0.1) is 0 Å². The van der Waals surface area contributed by atoms with Crippen molar-refractivity contribution in [2.24, 2.45) is 0 Å². The van der Waals surface area contributed by atoms with E-state index in [1.807, 2.05) is 6.92 Å². The van der Waals surface area contributed by atoms with Crippen molar-refractivity contribution in [3.63, 3.8) is 0 Å². The summed E-state index contributed by atoms with van der Waals surface area (Å²) < 4.78 is 4.60. The molecule has 0 aliphatic carbocycles. The molecule has 0 bridgehead atoms. The van der Waals surface area contributed by atoms with E-state index in [-0.39, 0.29) is 18.4 Å². The van der Waals surface area contributed by atoms with E-state index in [4.69, 9.17) is 0 Å². The maximum absolute atomic E-state index is 12.3. The number of benzene rings is 1. The van der Waals surface area contributed by atoms with Gasteiger partial charge in [-0.25, -0.2) is 4.79 Å². The third-order valence-electron chi connectivity index (χ3n) is 2.93. The minimum Gasteiger partial charge on any atom is -0.465 e. The zero-order valence-corrected chi connectivity index (χ0v) is 12.5. The van der Waals surface area contributed by atoms with Crippen molar-refractivity contribution >= 4 is 17.8 Å². The maximum Gasteiger partial charge on any atom is 0.337 e. The Labute approximate surface area is 124 Å². The molecular weight excluding hydrogens is 272 g/mol. The number of rotatable bonds is 6. The smallest absolute Gasteiger partial charge is 0.337 e. The third-order valence-corrected chi connectivity index (χ3v) is 2.93. The van der Waals surface area contributed by atoms with Crippen LogP contribution in [0.3, 0.4) is 0 Å². The maximum atomic E-state index is 12.3. The molecule has 0 unspecified atom stereocenters. The number of carbonyl (C=O) groups is 3. The predicted molar refractivity (Wildman–Crippen MR) is 78.0 cm³/mol. The summed E-state index contributed by atoms with van der Waals surface area (Å²) >= 11 is 0. The predicted octanol–water partition coefficient (Wildman–Crippen LogP) is 1.07. The Morgan fingerprint density at radius 1 is 1.10 bits per heavy atom. The fourth-order valence-electron chi connectivity index (χ4n) is 1.80. The van der Waals surface area contributed by atoms with Crippen molar-refractivity contribution in [2.75, 3.05) is 26.7 Å². The standard InChI is InChI=1S/C15H20N2O4/c1-4-16-13(18)10-17(5-2)14(19)11-6-8-12(9-7-11)15(20)21-3/h6-9H,4-5,10H2,1-3H3,(H,16,18). The van der Waals surface area contributed by atoms with Gasteiger partial charge in [0, 0.05) is 18.7 Å². The Bertz CT molecular complexity index is 511. The fraction of sp³-hybridized carbons (Fsp3) is 0.400. The third kappa shape index (κ3) is 4.59. The van der Waals surface area contributed by atoms with Crippen molar-refractivity contribution in [3.05, 3.63) is 35.4 Å². The lowest BCUT2D eigenvalue weighted by atomic mass is 10.1. The van der Waals surface area contributed by atoms with Crippen LogP contribution in [-0.2, 0) is 9.53 Å². The first-order valence-electron chi connectivity index (χ1n) is 6.77. The number of likely N-dealkylation sites (N-methyl/N-ethyl adjacent to an activating group) is 2. The van der Waals surface area contributed by atoms with Gasteiger partial charge in [-0.1, -0.05) is 0 Å². The van der Waals surface area contributed by atoms with Crippen LogP contribution in [0.15, 0.2) is 24.3 Å². The second kappa shape index (κ2) is 8.04. The van der Waals surface area contributed by atoms with Gasteiger partial charge < -0.3 is 15.0 Å². The first-order chi connectivity index (χ1) is 10.0. The molecule has 0 atom stereocenters. The molecule has 0 fully saturated rings. The Morgan fingerprint density at radius 2 is 1.67 bits per heavy atom. The van der Waals surface area contributed by atoms with Crippen LogP contribution < -0.4 is 5.32 Å². The molecule has 1 rings (SSSR count). The Kier molecular flexibility index (Phi) is 6.39. The van der Waals surface area contributed by atoms with Crippen molar-refractivity contribution in [1.29, 1.82) is 0 Å². The highest BCUT2D eigenvalue weighted by molar-refractivity contribution is 5.97. The molecule has 114 valence electrons. The molecule has 0 aromatic heterocycles. The van der Waals surface area contributed by atoms with E-state index in [0.29, 0.717) is 24.2 Å². The molecule has 6 heteroatoms.